The molecule has 0 heterocycles. The molecule has 0 aromatic carbocycles. The lowest BCUT2D eigenvalue weighted by molar-refractivity contribution is -0.131. The highest BCUT2D eigenvalue weighted by atomic mass is 16.3. The Kier molecular flexibility index (Phi) is 48.0. The molecule has 346 valence electrons. The topological polar surface area (TPSA) is 89.8 Å². The van der Waals surface area contributed by atoms with E-state index in [1.807, 2.05) is 0 Å². The lowest BCUT2D eigenvalue weighted by atomic mass is 10.0. The normalized spacial score (nSPS) is 13.4. The summed E-state index contributed by atoms with van der Waals surface area (Å²) in [5, 5.41) is 33.4. The predicted molar refractivity (Wildman–Crippen MR) is 255 cm³/mol. The van der Waals surface area contributed by atoms with E-state index in [0.29, 0.717) is 12.8 Å². The zero-order valence-electron chi connectivity index (χ0n) is 39.5. The van der Waals surface area contributed by atoms with Gasteiger partial charge in [0.15, 0.2) is 0 Å². The van der Waals surface area contributed by atoms with E-state index < -0.39 is 24.2 Å². The van der Waals surface area contributed by atoms with Crippen molar-refractivity contribution < 1.29 is 20.1 Å². The molecular formula is C53H105NO4. The second-order valence-corrected chi connectivity index (χ2v) is 18.4. The van der Waals surface area contributed by atoms with Crippen LogP contribution in [0.15, 0.2) is 12.2 Å². The number of unbranched alkanes of at least 4 members (excludes halogenated alkanes) is 39. The van der Waals surface area contributed by atoms with Crippen LogP contribution in [0.25, 0.3) is 0 Å². The van der Waals surface area contributed by atoms with Crippen molar-refractivity contribution in [1.82, 2.24) is 5.32 Å². The molecule has 0 spiro atoms. The van der Waals surface area contributed by atoms with E-state index in [-0.39, 0.29) is 6.61 Å². The summed E-state index contributed by atoms with van der Waals surface area (Å²) in [5.74, 6) is -0.466. The molecule has 0 aromatic heterocycles. The number of allylic oxidation sites excluding steroid dienone is 2. The van der Waals surface area contributed by atoms with E-state index in [9.17, 15) is 20.1 Å². The van der Waals surface area contributed by atoms with E-state index in [2.05, 4.69) is 31.3 Å². The van der Waals surface area contributed by atoms with Gasteiger partial charge in [-0.25, -0.2) is 0 Å². The van der Waals surface area contributed by atoms with Crippen LogP contribution in [-0.4, -0.2) is 46.1 Å². The van der Waals surface area contributed by atoms with E-state index in [4.69, 9.17) is 0 Å². The van der Waals surface area contributed by atoms with Crippen LogP contribution in [0.5, 0.6) is 0 Å². The molecule has 5 nitrogen and oxygen atoms in total. The number of rotatable bonds is 49. The second-order valence-electron chi connectivity index (χ2n) is 18.4. The molecule has 58 heavy (non-hydrogen) atoms. The van der Waals surface area contributed by atoms with Crippen molar-refractivity contribution in [3.8, 4) is 0 Å². The number of nitrogens with one attached hydrogen (secondary N) is 1. The largest absolute Gasteiger partial charge is 0.394 e. The third-order valence-electron chi connectivity index (χ3n) is 12.6. The Hall–Kier alpha value is -0.910. The van der Waals surface area contributed by atoms with Crippen molar-refractivity contribution in [2.75, 3.05) is 6.61 Å². The lowest BCUT2D eigenvalue weighted by Crippen LogP contribution is -2.49. The number of aliphatic hydroxyl groups is 3. The summed E-state index contributed by atoms with van der Waals surface area (Å²) in [5.41, 5.74) is 0. The van der Waals surface area contributed by atoms with Crippen LogP contribution in [-0.2, 0) is 4.79 Å². The minimum absolute atomic E-state index is 0.310. The summed E-state index contributed by atoms with van der Waals surface area (Å²) in [4.78, 5) is 12.5. The van der Waals surface area contributed by atoms with Crippen LogP contribution in [0.3, 0.4) is 0 Å². The first kappa shape index (κ1) is 57.1. The Morgan fingerprint density at radius 1 is 0.397 bits per heavy atom. The number of carbonyl (C=O) groups excluding carboxylic acids is 1. The van der Waals surface area contributed by atoms with Crippen molar-refractivity contribution in [3.05, 3.63) is 12.2 Å². The molecule has 0 aliphatic carbocycles. The molecule has 0 rings (SSSR count). The number of carbonyl (C=O) groups is 1. The lowest BCUT2D eigenvalue weighted by Gasteiger charge is -2.23. The summed E-state index contributed by atoms with van der Waals surface area (Å²) >= 11 is 0. The fourth-order valence-electron chi connectivity index (χ4n) is 8.48. The van der Waals surface area contributed by atoms with Crippen molar-refractivity contribution in [1.29, 1.82) is 0 Å². The first-order chi connectivity index (χ1) is 28.6. The Morgan fingerprint density at radius 3 is 0.948 bits per heavy atom. The monoisotopic (exact) mass is 820 g/mol. The van der Waals surface area contributed by atoms with Gasteiger partial charge in [0, 0.05) is 0 Å². The molecule has 0 aliphatic rings. The van der Waals surface area contributed by atoms with E-state index in [1.165, 1.54) is 238 Å². The summed E-state index contributed by atoms with van der Waals surface area (Å²) in [6.07, 6.45) is 59.7. The number of amides is 1. The molecule has 3 atom stereocenters. The first-order valence-corrected chi connectivity index (χ1v) is 26.5. The molecule has 5 heteroatoms. The molecule has 0 saturated carbocycles. The zero-order chi connectivity index (χ0) is 42.3. The van der Waals surface area contributed by atoms with Crippen LogP contribution in [0.4, 0.5) is 0 Å². The summed E-state index contributed by atoms with van der Waals surface area (Å²) < 4.78 is 0. The van der Waals surface area contributed by atoms with Gasteiger partial charge in [-0.2, -0.15) is 0 Å². The third-order valence-corrected chi connectivity index (χ3v) is 12.6. The Labute approximate surface area is 363 Å². The van der Waals surface area contributed by atoms with Crippen LogP contribution >= 0.6 is 0 Å². The highest BCUT2D eigenvalue weighted by molar-refractivity contribution is 5.80. The average Bonchev–Trinajstić information content (AvgIpc) is 3.23. The standard InChI is InChI=1S/C53H105NO4/c1-3-5-7-9-11-13-15-17-18-19-20-21-22-23-24-25-26-27-28-29-30-31-32-33-34-36-38-40-42-44-46-48-52(57)53(58)54-50(49-55)51(56)47-45-43-41-39-37-35-16-14-12-10-8-6-4-2/h23-24,50-52,55-57H,3-22,25-49H2,1-2H3,(H,54,58)/b24-23-. The summed E-state index contributed by atoms with van der Waals surface area (Å²) in [7, 11) is 0. The second kappa shape index (κ2) is 48.8. The zero-order valence-corrected chi connectivity index (χ0v) is 39.5. The molecular weight excluding hydrogens is 715 g/mol. The SMILES string of the molecule is CCCCCCCCCCCCCC/C=C\CCCCCCCCCCCCCCCCCC(O)C(=O)NC(CO)C(O)CCCCCCCCCCCCCCC. The quantitative estimate of drug-likeness (QED) is 0.0364. The van der Waals surface area contributed by atoms with Gasteiger partial charge in [0.2, 0.25) is 5.91 Å². The molecule has 0 aliphatic heterocycles. The van der Waals surface area contributed by atoms with Gasteiger partial charge < -0.3 is 20.6 Å². The number of aliphatic hydroxyl groups excluding tert-OH is 3. The van der Waals surface area contributed by atoms with Crippen LogP contribution in [0, 0.1) is 0 Å². The smallest absolute Gasteiger partial charge is 0.249 e. The van der Waals surface area contributed by atoms with Crippen molar-refractivity contribution >= 4 is 5.91 Å². The first-order valence-electron chi connectivity index (χ1n) is 26.5. The van der Waals surface area contributed by atoms with Crippen molar-refractivity contribution in [2.24, 2.45) is 0 Å². The van der Waals surface area contributed by atoms with Gasteiger partial charge in [0.1, 0.15) is 6.10 Å². The third kappa shape index (κ3) is 43.2. The van der Waals surface area contributed by atoms with Gasteiger partial charge in [0.25, 0.3) is 0 Å². The van der Waals surface area contributed by atoms with Crippen LogP contribution < -0.4 is 5.32 Å². The molecule has 3 unspecified atom stereocenters. The minimum Gasteiger partial charge on any atom is -0.394 e. The Balaban J connectivity index is 3.47. The maximum absolute atomic E-state index is 12.5. The maximum Gasteiger partial charge on any atom is 0.249 e. The van der Waals surface area contributed by atoms with Gasteiger partial charge in [0.05, 0.1) is 18.8 Å². The molecule has 0 saturated heterocycles. The molecule has 0 aromatic rings. The predicted octanol–water partition coefficient (Wildman–Crippen LogP) is 15.9. The average molecular weight is 820 g/mol. The Morgan fingerprint density at radius 2 is 0.655 bits per heavy atom. The maximum atomic E-state index is 12.5. The van der Waals surface area contributed by atoms with Crippen LogP contribution in [0.1, 0.15) is 296 Å². The molecule has 4 N–H and O–H groups in total. The highest BCUT2D eigenvalue weighted by Crippen LogP contribution is 2.17. The summed E-state index contributed by atoms with van der Waals surface area (Å²) in [6, 6.07) is -0.708. The minimum atomic E-state index is -1.07. The van der Waals surface area contributed by atoms with Crippen molar-refractivity contribution in [2.45, 2.75) is 315 Å². The van der Waals surface area contributed by atoms with Gasteiger partial charge in [-0.1, -0.05) is 270 Å². The van der Waals surface area contributed by atoms with E-state index >= 15 is 0 Å². The molecule has 0 radical (unpaired) electrons. The van der Waals surface area contributed by atoms with Gasteiger partial charge in [-0.05, 0) is 38.5 Å². The molecule has 0 fully saturated rings. The number of hydrogen-bond donors (Lipinski definition) is 4. The highest BCUT2D eigenvalue weighted by Gasteiger charge is 2.23. The van der Waals surface area contributed by atoms with E-state index in [0.717, 1.165) is 32.1 Å². The van der Waals surface area contributed by atoms with Gasteiger partial charge in [-0.3, -0.25) is 4.79 Å². The summed E-state index contributed by atoms with van der Waals surface area (Å²) in [6.45, 7) is 4.25. The molecule has 1 amide bonds. The van der Waals surface area contributed by atoms with Gasteiger partial charge >= 0.3 is 0 Å². The van der Waals surface area contributed by atoms with Crippen molar-refractivity contribution in [3.63, 3.8) is 0 Å². The number of hydrogen-bond acceptors (Lipinski definition) is 4. The van der Waals surface area contributed by atoms with Crippen LogP contribution in [0.2, 0.25) is 0 Å². The molecule has 0 bridgehead atoms. The Bertz CT molecular complexity index is 818. The van der Waals surface area contributed by atoms with E-state index in [1.54, 1.807) is 0 Å². The fourth-order valence-corrected chi connectivity index (χ4v) is 8.48. The van der Waals surface area contributed by atoms with Gasteiger partial charge in [-0.15, -0.1) is 0 Å². The fraction of sp³-hybridized carbons (Fsp3) is 0.943.